The van der Waals surface area contributed by atoms with Crippen LogP contribution in [0.25, 0.3) is 0 Å². The normalized spacial score (nSPS) is 10.9. The van der Waals surface area contributed by atoms with Gasteiger partial charge in [-0.1, -0.05) is 63.2 Å². The molecular formula is C28H31N3O3. The molecule has 0 atom stereocenters. The average Bonchev–Trinajstić information content (AvgIpc) is 2.80. The molecule has 0 aromatic heterocycles. The summed E-state index contributed by atoms with van der Waals surface area (Å²) in [5.41, 5.74) is 4.15. The SMILES string of the molecule is Cc1ccccc1C(=O)NCCC(=O)Nc1ccccc1NC(=O)c1ccc(C(C)(C)C)cc1. The predicted octanol–water partition coefficient (Wildman–Crippen LogP) is 5.30. The van der Waals surface area contributed by atoms with Crippen LogP contribution in [0.3, 0.4) is 0 Å². The first-order chi connectivity index (χ1) is 16.1. The van der Waals surface area contributed by atoms with Gasteiger partial charge in [-0.3, -0.25) is 14.4 Å². The number of hydrogen-bond donors (Lipinski definition) is 3. The molecule has 6 heteroatoms. The highest BCUT2D eigenvalue weighted by atomic mass is 16.2. The minimum atomic E-state index is -0.263. The Kier molecular flexibility index (Phi) is 7.84. The van der Waals surface area contributed by atoms with Crippen molar-refractivity contribution in [2.75, 3.05) is 17.2 Å². The van der Waals surface area contributed by atoms with Crippen molar-refractivity contribution in [1.82, 2.24) is 5.32 Å². The topological polar surface area (TPSA) is 87.3 Å². The highest BCUT2D eigenvalue weighted by Gasteiger charge is 2.15. The van der Waals surface area contributed by atoms with Gasteiger partial charge in [0, 0.05) is 24.1 Å². The van der Waals surface area contributed by atoms with E-state index in [1.807, 2.05) is 31.2 Å². The zero-order valence-corrected chi connectivity index (χ0v) is 20.1. The van der Waals surface area contributed by atoms with Crippen molar-refractivity contribution in [2.45, 2.75) is 39.5 Å². The Hall–Kier alpha value is -3.93. The van der Waals surface area contributed by atoms with Crippen LogP contribution in [0.4, 0.5) is 11.4 Å². The number of hydrogen-bond acceptors (Lipinski definition) is 3. The molecule has 0 heterocycles. The first-order valence-electron chi connectivity index (χ1n) is 11.3. The molecule has 3 aromatic carbocycles. The second-order valence-electron chi connectivity index (χ2n) is 9.20. The summed E-state index contributed by atoms with van der Waals surface area (Å²) < 4.78 is 0. The molecule has 3 aromatic rings. The molecule has 0 bridgehead atoms. The van der Waals surface area contributed by atoms with Crippen LogP contribution in [-0.4, -0.2) is 24.3 Å². The maximum absolute atomic E-state index is 12.8. The zero-order valence-electron chi connectivity index (χ0n) is 20.1. The first kappa shape index (κ1) is 24.7. The summed E-state index contributed by atoms with van der Waals surface area (Å²) in [6.07, 6.45) is 0.105. The molecule has 0 aliphatic rings. The minimum absolute atomic E-state index is 0.00524. The molecule has 3 amide bonds. The molecule has 0 saturated heterocycles. The van der Waals surface area contributed by atoms with Gasteiger partial charge in [-0.15, -0.1) is 0 Å². The van der Waals surface area contributed by atoms with Crippen molar-refractivity contribution >= 4 is 29.1 Å². The van der Waals surface area contributed by atoms with Crippen molar-refractivity contribution < 1.29 is 14.4 Å². The molecule has 3 rings (SSSR count). The third-order valence-corrected chi connectivity index (χ3v) is 5.49. The van der Waals surface area contributed by atoms with Gasteiger partial charge >= 0.3 is 0 Å². The van der Waals surface area contributed by atoms with E-state index in [0.717, 1.165) is 11.1 Å². The fourth-order valence-corrected chi connectivity index (χ4v) is 3.44. The Morgan fingerprint density at radius 1 is 0.735 bits per heavy atom. The Balaban J connectivity index is 1.57. The largest absolute Gasteiger partial charge is 0.352 e. The van der Waals surface area contributed by atoms with E-state index in [1.165, 1.54) is 0 Å². The van der Waals surface area contributed by atoms with Crippen LogP contribution >= 0.6 is 0 Å². The summed E-state index contributed by atoms with van der Waals surface area (Å²) in [7, 11) is 0. The van der Waals surface area contributed by atoms with Crippen molar-refractivity contribution in [2.24, 2.45) is 0 Å². The molecule has 0 saturated carbocycles. The highest BCUT2D eigenvalue weighted by Crippen LogP contribution is 2.24. The molecule has 176 valence electrons. The molecule has 3 N–H and O–H groups in total. The van der Waals surface area contributed by atoms with Gasteiger partial charge in [0.2, 0.25) is 5.91 Å². The van der Waals surface area contributed by atoms with E-state index in [1.54, 1.807) is 48.5 Å². The monoisotopic (exact) mass is 457 g/mol. The summed E-state index contributed by atoms with van der Waals surface area (Å²) in [5, 5.41) is 8.46. The van der Waals surface area contributed by atoms with Crippen LogP contribution in [-0.2, 0) is 10.2 Å². The molecule has 0 spiro atoms. The lowest BCUT2D eigenvalue weighted by Gasteiger charge is -2.19. The molecule has 6 nitrogen and oxygen atoms in total. The van der Waals surface area contributed by atoms with Crippen LogP contribution in [0, 0.1) is 6.92 Å². The minimum Gasteiger partial charge on any atom is -0.352 e. The summed E-state index contributed by atoms with van der Waals surface area (Å²) in [4.78, 5) is 37.5. The van der Waals surface area contributed by atoms with Crippen LogP contribution < -0.4 is 16.0 Å². The Morgan fingerprint density at radius 2 is 1.32 bits per heavy atom. The fourth-order valence-electron chi connectivity index (χ4n) is 3.44. The number of carbonyl (C=O) groups is 3. The van der Waals surface area contributed by atoms with Crippen LogP contribution in [0.5, 0.6) is 0 Å². The van der Waals surface area contributed by atoms with Gasteiger partial charge in [0.25, 0.3) is 11.8 Å². The van der Waals surface area contributed by atoms with E-state index < -0.39 is 0 Å². The summed E-state index contributed by atoms with van der Waals surface area (Å²) in [5.74, 6) is -0.731. The number of amides is 3. The molecule has 0 radical (unpaired) electrons. The van der Waals surface area contributed by atoms with Gasteiger partial charge in [0.1, 0.15) is 0 Å². The Labute approximate surface area is 200 Å². The molecule has 0 aliphatic carbocycles. The lowest BCUT2D eigenvalue weighted by atomic mass is 9.87. The van der Waals surface area contributed by atoms with Crippen molar-refractivity contribution in [3.8, 4) is 0 Å². The summed E-state index contributed by atoms with van der Waals surface area (Å²) in [6.45, 7) is 8.43. The van der Waals surface area contributed by atoms with Crippen LogP contribution in [0.2, 0.25) is 0 Å². The van der Waals surface area contributed by atoms with Crippen molar-refractivity contribution in [3.63, 3.8) is 0 Å². The molecule has 0 unspecified atom stereocenters. The lowest BCUT2D eigenvalue weighted by molar-refractivity contribution is -0.116. The molecule has 0 fully saturated rings. The van der Waals surface area contributed by atoms with Gasteiger partial charge in [-0.2, -0.15) is 0 Å². The second kappa shape index (κ2) is 10.8. The second-order valence-corrected chi connectivity index (χ2v) is 9.20. The van der Waals surface area contributed by atoms with E-state index in [2.05, 4.69) is 36.7 Å². The van der Waals surface area contributed by atoms with Gasteiger partial charge in [-0.05, 0) is 53.8 Å². The molecular weight excluding hydrogens is 426 g/mol. The van der Waals surface area contributed by atoms with E-state index in [-0.39, 0.29) is 36.1 Å². The fraction of sp³-hybridized carbons (Fsp3) is 0.250. The van der Waals surface area contributed by atoms with E-state index in [4.69, 9.17) is 0 Å². The Morgan fingerprint density at radius 3 is 1.94 bits per heavy atom. The zero-order chi connectivity index (χ0) is 24.7. The first-order valence-corrected chi connectivity index (χ1v) is 11.3. The maximum Gasteiger partial charge on any atom is 0.255 e. The number of para-hydroxylation sites is 2. The van der Waals surface area contributed by atoms with Gasteiger partial charge in [-0.25, -0.2) is 0 Å². The average molecular weight is 458 g/mol. The summed E-state index contributed by atoms with van der Waals surface area (Å²) >= 11 is 0. The number of carbonyl (C=O) groups excluding carboxylic acids is 3. The quantitative estimate of drug-likeness (QED) is 0.450. The molecule has 34 heavy (non-hydrogen) atoms. The van der Waals surface area contributed by atoms with Gasteiger partial charge < -0.3 is 16.0 Å². The standard InChI is InChI=1S/C28H31N3O3/c1-19-9-5-6-10-22(19)27(34)29-18-17-25(32)30-23-11-7-8-12-24(23)31-26(33)20-13-15-21(16-14-20)28(2,3)4/h5-16H,17-18H2,1-4H3,(H,29,34)(H,30,32)(H,31,33). The Bertz CT molecular complexity index is 1180. The van der Waals surface area contributed by atoms with Gasteiger partial charge in [0.05, 0.1) is 11.4 Å². The third-order valence-electron chi connectivity index (χ3n) is 5.49. The van der Waals surface area contributed by atoms with Crippen molar-refractivity contribution in [1.29, 1.82) is 0 Å². The van der Waals surface area contributed by atoms with E-state index in [0.29, 0.717) is 22.5 Å². The highest BCUT2D eigenvalue weighted by molar-refractivity contribution is 6.07. The number of anilines is 2. The van der Waals surface area contributed by atoms with Gasteiger partial charge in [0.15, 0.2) is 0 Å². The summed E-state index contributed by atoms with van der Waals surface area (Å²) in [6, 6.07) is 21.8. The number of aryl methyl sites for hydroxylation is 1. The van der Waals surface area contributed by atoms with Crippen LogP contribution in [0.1, 0.15) is 59.0 Å². The molecule has 0 aliphatic heterocycles. The lowest BCUT2D eigenvalue weighted by Crippen LogP contribution is -2.28. The predicted molar refractivity (Wildman–Crippen MR) is 136 cm³/mol. The third kappa shape index (κ3) is 6.54. The van der Waals surface area contributed by atoms with E-state index >= 15 is 0 Å². The van der Waals surface area contributed by atoms with Crippen LogP contribution in [0.15, 0.2) is 72.8 Å². The van der Waals surface area contributed by atoms with E-state index in [9.17, 15) is 14.4 Å². The number of nitrogens with one attached hydrogen (secondary N) is 3. The van der Waals surface area contributed by atoms with Crippen molar-refractivity contribution in [3.05, 3.63) is 95.1 Å². The smallest absolute Gasteiger partial charge is 0.255 e. The maximum atomic E-state index is 12.8. The number of benzene rings is 3. The number of rotatable bonds is 7.